The van der Waals surface area contributed by atoms with Gasteiger partial charge in [0.25, 0.3) is 0 Å². The molecule has 0 aromatic carbocycles. The van der Waals surface area contributed by atoms with Gasteiger partial charge >= 0.3 is 0 Å². The van der Waals surface area contributed by atoms with Crippen molar-refractivity contribution in [3.05, 3.63) is 48.6 Å². The normalized spacial score (nSPS) is 29.3. The Hall–Kier alpha value is -2.25. The van der Waals surface area contributed by atoms with E-state index in [2.05, 4.69) is 55.6 Å². The van der Waals surface area contributed by atoms with Crippen LogP contribution in [0, 0.1) is 0 Å². The van der Waals surface area contributed by atoms with E-state index in [-0.39, 0.29) is 18.9 Å². The molecule has 3 aliphatic rings. The number of hydrogen-bond donors (Lipinski definition) is 12. The van der Waals surface area contributed by atoms with Crippen LogP contribution in [0.4, 0.5) is 0 Å². The fraction of sp³-hybridized carbons (Fsp3) is 0.864. The number of ether oxygens (including phenoxy) is 6. The Morgan fingerprint density at radius 1 is 0.412 bits per heavy atom. The predicted octanol–water partition coefficient (Wildman–Crippen LogP) is 7.83. The highest BCUT2D eigenvalue weighted by molar-refractivity contribution is 5.76. The number of nitrogens with one attached hydrogen (secondary N) is 1. The summed E-state index contributed by atoms with van der Waals surface area (Å²) in [5.41, 5.74) is 0. The van der Waals surface area contributed by atoms with Crippen molar-refractivity contribution in [2.75, 3.05) is 26.4 Å². The SMILES string of the molecule is CCCCCCCCC/C=C/CC/C=C/CC/C=C/C(O)C(COC1OC(CO)C(OC2OC(CO)C(OC3OC(CO)C(O)C(O)C3O)C(O)C2O)C(O)C1O)NC(=O)CCCCCCCCCCCCC/C=C\CCCCCCCCCC. The van der Waals surface area contributed by atoms with E-state index in [0.29, 0.717) is 12.8 Å². The zero-order valence-electron chi connectivity index (χ0n) is 52.1. The Balaban J connectivity index is 1.47. The molecular formula is C66H119NO18. The van der Waals surface area contributed by atoms with Gasteiger partial charge in [-0.05, 0) is 70.6 Å². The maximum absolute atomic E-state index is 13.4. The molecule has 0 aliphatic carbocycles. The van der Waals surface area contributed by atoms with Crippen LogP contribution < -0.4 is 5.32 Å². The largest absolute Gasteiger partial charge is 0.394 e. The van der Waals surface area contributed by atoms with Gasteiger partial charge in [0, 0.05) is 6.42 Å². The molecule has 3 aliphatic heterocycles. The molecular weight excluding hydrogens is 1090 g/mol. The van der Waals surface area contributed by atoms with Gasteiger partial charge in [0.15, 0.2) is 18.9 Å². The van der Waals surface area contributed by atoms with Crippen LogP contribution in [0.1, 0.15) is 232 Å². The fourth-order valence-corrected chi connectivity index (χ4v) is 11.1. The molecule has 3 saturated heterocycles. The van der Waals surface area contributed by atoms with Crippen molar-refractivity contribution >= 4 is 5.91 Å². The summed E-state index contributed by atoms with van der Waals surface area (Å²) < 4.78 is 34.3. The molecule has 0 bridgehead atoms. The summed E-state index contributed by atoms with van der Waals surface area (Å²) in [6.07, 6.45) is 29.4. The van der Waals surface area contributed by atoms with Gasteiger partial charge in [0.05, 0.1) is 38.6 Å². The van der Waals surface area contributed by atoms with Crippen molar-refractivity contribution in [2.24, 2.45) is 0 Å². The minimum absolute atomic E-state index is 0.231. The van der Waals surface area contributed by atoms with E-state index < -0.39 is 124 Å². The summed E-state index contributed by atoms with van der Waals surface area (Å²) in [7, 11) is 0. The number of unbranched alkanes of at least 4 members (excludes halogenated alkanes) is 28. The van der Waals surface area contributed by atoms with Crippen molar-refractivity contribution in [3.63, 3.8) is 0 Å². The van der Waals surface area contributed by atoms with Crippen LogP contribution in [0.3, 0.4) is 0 Å². The molecule has 0 spiro atoms. The average Bonchev–Trinajstić information content (AvgIpc) is 3.10. The van der Waals surface area contributed by atoms with E-state index in [0.717, 1.165) is 44.9 Å². The van der Waals surface area contributed by atoms with Crippen molar-refractivity contribution in [1.29, 1.82) is 0 Å². The Bertz CT molecular complexity index is 1740. The first kappa shape index (κ1) is 77.0. The van der Waals surface area contributed by atoms with Crippen LogP contribution in [0.25, 0.3) is 0 Å². The van der Waals surface area contributed by atoms with Gasteiger partial charge < -0.3 is 89.9 Å². The topological polar surface area (TPSA) is 307 Å². The van der Waals surface area contributed by atoms with Crippen LogP contribution in [-0.2, 0) is 33.2 Å². The smallest absolute Gasteiger partial charge is 0.220 e. The van der Waals surface area contributed by atoms with Gasteiger partial charge in [-0.25, -0.2) is 0 Å². The molecule has 17 atom stereocenters. The molecule has 3 fully saturated rings. The Labute approximate surface area is 510 Å². The maximum atomic E-state index is 13.4. The molecule has 0 aromatic rings. The molecule has 19 nitrogen and oxygen atoms in total. The summed E-state index contributed by atoms with van der Waals surface area (Å²) in [6.45, 7) is 1.70. The first-order valence-corrected chi connectivity index (χ1v) is 33.4. The Morgan fingerprint density at radius 3 is 1.18 bits per heavy atom. The zero-order chi connectivity index (χ0) is 61.9. The number of aliphatic hydroxyl groups is 11. The molecule has 3 heterocycles. The number of aliphatic hydroxyl groups excluding tert-OH is 11. The lowest BCUT2D eigenvalue weighted by molar-refractivity contribution is -0.379. The maximum Gasteiger partial charge on any atom is 0.220 e. The highest BCUT2D eigenvalue weighted by Crippen LogP contribution is 2.33. The predicted molar refractivity (Wildman–Crippen MR) is 328 cm³/mol. The number of allylic oxidation sites excluding steroid dienone is 7. The molecule has 0 aromatic heterocycles. The van der Waals surface area contributed by atoms with Crippen LogP contribution >= 0.6 is 0 Å². The molecule has 19 heteroatoms. The number of amides is 1. The third-order valence-corrected chi connectivity index (χ3v) is 16.6. The molecule has 1 amide bonds. The highest BCUT2D eigenvalue weighted by Gasteiger charge is 2.53. The summed E-state index contributed by atoms with van der Waals surface area (Å²) in [5.74, 6) is -0.290. The number of carbonyl (C=O) groups is 1. The average molecular weight is 1210 g/mol. The Kier molecular flexibility index (Phi) is 44.0. The van der Waals surface area contributed by atoms with E-state index in [1.807, 2.05) is 6.08 Å². The minimum atomic E-state index is -1.98. The monoisotopic (exact) mass is 1210 g/mol. The first-order chi connectivity index (χ1) is 41.3. The lowest BCUT2D eigenvalue weighted by atomic mass is 9.96. The van der Waals surface area contributed by atoms with Gasteiger partial charge in [-0.15, -0.1) is 0 Å². The van der Waals surface area contributed by atoms with Gasteiger partial charge in [-0.1, -0.05) is 204 Å². The van der Waals surface area contributed by atoms with Crippen LogP contribution in [0.2, 0.25) is 0 Å². The molecule has 0 radical (unpaired) electrons. The van der Waals surface area contributed by atoms with Gasteiger partial charge in [-0.2, -0.15) is 0 Å². The molecule has 12 N–H and O–H groups in total. The second-order valence-corrected chi connectivity index (χ2v) is 23.9. The van der Waals surface area contributed by atoms with E-state index in [1.165, 1.54) is 154 Å². The summed E-state index contributed by atoms with van der Waals surface area (Å²) in [4.78, 5) is 13.4. The zero-order valence-corrected chi connectivity index (χ0v) is 52.1. The van der Waals surface area contributed by atoms with Crippen molar-refractivity contribution in [2.45, 2.75) is 336 Å². The molecule has 17 unspecified atom stereocenters. The number of hydrogen-bond acceptors (Lipinski definition) is 18. The molecule has 85 heavy (non-hydrogen) atoms. The first-order valence-electron chi connectivity index (χ1n) is 33.4. The quantitative estimate of drug-likeness (QED) is 0.0204. The van der Waals surface area contributed by atoms with Crippen molar-refractivity contribution in [1.82, 2.24) is 5.32 Å². The summed E-state index contributed by atoms with van der Waals surface area (Å²) >= 11 is 0. The van der Waals surface area contributed by atoms with Crippen LogP contribution in [-0.4, -0.2) is 193 Å². The lowest BCUT2D eigenvalue weighted by Gasteiger charge is -2.48. The third-order valence-electron chi connectivity index (χ3n) is 16.6. The summed E-state index contributed by atoms with van der Waals surface area (Å²) in [6, 6.07) is -0.997. The molecule has 0 saturated carbocycles. The van der Waals surface area contributed by atoms with Gasteiger partial charge in [0.1, 0.15) is 73.2 Å². The van der Waals surface area contributed by atoms with Gasteiger partial charge in [-0.3, -0.25) is 4.79 Å². The third kappa shape index (κ3) is 31.4. The Morgan fingerprint density at radius 2 is 0.753 bits per heavy atom. The van der Waals surface area contributed by atoms with E-state index in [1.54, 1.807) is 6.08 Å². The van der Waals surface area contributed by atoms with Crippen molar-refractivity contribution in [3.8, 4) is 0 Å². The van der Waals surface area contributed by atoms with Gasteiger partial charge in [0.2, 0.25) is 5.91 Å². The van der Waals surface area contributed by atoms with E-state index >= 15 is 0 Å². The van der Waals surface area contributed by atoms with E-state index in [9.17, 15) is 61.0 Å². The minimum Gasteiger partial charge on any atom is -0.394 e. The second-order valence-electron chi connectivity index (χ2n) is 23.9. The molecule has 3 rings (SSSR count). The molecule has 496 valence electrons. The standard InChI is InChI=1S/C66H119NO18/c1-3-5-7-9-11-13-15-17-19-21-22-23-24-25-26-28-30-32-34-36-38-40-42-44-54(72)67-49(50(71)43-41-39-37-35-33-31-29-27-20-18-16-14-12-10-8-6-4-2)48-80-64-60(78)57(75)62(52(46-69)82-64)85-66-61(79)58(76)63(53(47-70)83-66)84-65-59(77)56(74)55(73)51(45-68)81-65/h20-22,27,33,35,41,43,49-53,55-66,68-71,73-79H,3-19,23-26,28-32,34,36-40,42,44-48H2,1-2H3,(H,67,72)/b22-21-,27-20+,35-33+,43-41+. The highest BCUT2D eigenvalue weighted by atomic mass is 16.8. The van der Waals surface area contributed by atoms with Crippen molar-refractivity contribution < 1.29 is 89.4 Å². The number of rotatable bonds is 50. The number of carbonyl (C=O) groups excluding carboxylic acids is 1. The summed E-state index contributed by atoms with van der Waals surface area (Å²) in [5, 5.41) is 120. The van der Waals surface area contributed by atoms with Crippen LogP contribution in [0.5, 0.6) is 0 Å². The van der Waals surface area contributed by atoms with Crippen LogP contribution in [0.15, 0.2) is 48.6 Å². The fourth-order valence-electron chi connectivity index (χ4n) is 11.1. The van der Waals surface area contributed by atoms with E-state index in [4.69, 9.17) is 28.4 Å². The lowest BCUT2D eigenvalue weighted by Crippen LogP contribution is -2.66. The second kappa shape index (κ2) is 48.6.